The van der Waals surface area contributed by atoms with Crippen molar-refractivity contribution in [3.63, 3.8) is 0 Å². The smallest absolute Gasteiger partial charge is 0.230 e. The van der Waals surface area contributed by atoms with Crippen LogP contribution in [-0.2, 0) is 10.4 Å². The van der Waals surface area contributed by atoms with Crippen molar-refractivity contribution in [1.29, 1.82) is 0 Å². The topological polar surface area (TPSA) is 40.5 Å². The molecule has 0 bridgehead atoms. The van der Waals surface area contributed by atoms with Gasteiger partial charge < -0.3 is 10.0 Å². The van der Waals surface area contributed by atoms with Crippen LogP contribution in [0.15, 0.2) is 24.3 Å². The van der Waals surface area contributed by atoms with Crippen molar-refractivity contribution >= 4 is 11.6 Å². The molecule has 0 spiro atoms. The van der Waals surface area contributed by atoms with Gasteiger partial charge in [0.1, 0.15) is 0 Å². The summed E-state index contributed by atoms with van der Waals surface area (Å²) in [4.78, 5) is 14.0. The maximum Gasteiger partial charge on any atom is 0.230 e. The van der Waals surface area contributed by atoms with Gasteiger partial charge in [-0.25, -0.2) is 0 Å². The highest BCUT2D eigenvalue weighted by molar-refractivity contribution is 5.97. The quantitative estimate of drug-likeness (QED) is 0.803. The summed E-state index contributed by atoms with van der Waals surface area (Å²) in [5, 5.41) is 10.3. The molecule has 3 heteroatoms. The number of hydrogen-bond acceptors (Lipinski definition) is 2. The van der Waals surface area contributed by atoms with Gasteiger partial charge in [0, 0.05) is 23.7 Å². The fourth-order valence-electron chi connectivity index (χ4n) is 2.53. The Morgan fingerprint density at radius 1 is 1.41 bits per heavy atom. The van der Waals surface area contributed by atoms with E-state index in [2.05, 4.69) is 0 Å². The first-order valence-electron chi connectivity index (χ1n) is 6.23. The second-order valence-corrected chi connectivity index (χ2v) is 5.31. The maximum atomic E-state index is 12.2. The highest BCUT2D eigenvalue weighted by atomic mass is 16.3. The molecule has 3 nitrogen and oxygen atoms in total. The predicted octanol–water partition coefficient (Wildman–Crippen LogP) is 2.04. The maximum absolute atomic E-state index is 12.2. The molecule has 0 aromatic heterocycles. The number of carbonyl (C=O) groups is 1. The van der Waals surface area contributed by atoms with E-state index in [0.717, 1.165) is 24.1 Å². The van der Waals surface area contributed by atoms with E-state index in [0.29, 0.717) is 13.0 Å². The van der Waals surface area contributed by atoms with Crippen molar-refractivity contribution in [2.24, 2.45) is 5.92 Å². The van der Waals surface area contributed by atoms with Crippen LogP contribution >= 0.6 is 0 Å². The Labute approximate surface area is 101 Å². The molecule has 1 unspecified atom stereocenters. The molecule has 1 atom stereocenters. The van der Waals surface area contributed by atoms with E-state index in [1.54, 1.807) is 0 Å². The second-order valence-electron chi connectivity index (χ2n) is 5.31. The molecule has 0 saturated heterocycles. The lowest BCUT2D eigenvalue weighted by Crippen LogP contribution is -2.42. The number of para-hydroxylation sites is 1. The molecule has 0 radical (unpaired) electrons. The third kappa shape index (κ3) is 1.75. The van der Waals surface area contributed by atoms with Gasteiger partial charge in [0.05, 0.1) is 5.60 Å². The zero-order valence-electron chi connectivity index (χ0n) is 10.0. The van der Waals surface area contributed by atoms with Crippen molar-refractivity contribution in [1.82, 2.24) is 0 Å². The van der Waals surface area contributed by atoms with Crippen molar-refractivity contribution in [2.75, 3.05) is 11.4 Å². The summed E-state index contributed by atoms with van der Waals surface area (Å²) >= 11 is 0. The number of rotatable bonds is 1. The Morgan fingerprint density at radius 3 is 2.82 bits per heavy atom. The number of aliphatic hydroxyl groups is 1. The number of hydrogen-bond donors (Lipinski definition) is 1. The van der Waals surface area contributed by atoms with Gasteiger partial charge >= 0.3 is 0 Å². The van der Waals surface area contributed by atoms with Gasteiger partial charge in [0.25, 0.3) is 0 Å². The van der Waals surface area contributed by atoms with Crippen molar-refractivity contribution in [3.8, 4) is 0 Å². The standard InChI is InChI=1S/C14H17NO2/c1-14(17)8-9-15(13(16)10-6-7-10)12-5-3-2-4-11(12)14/h2-5,10,17H,6-9H2,1H3. The first-order chi connectivity index (χ1) is 8.09. The van der Waals surface area contributed by atoms with Crippen LogP contribution in [0.2, 0.25) is 0 Å². The van der Waals surface area contributed by atoms with E-state index in [9.17, 15) is 9.90 Å². The molecular weight excluding hydrogens is 214 g/mol. The molecule has 3 rings (SSSR count). The van der Waals surface area contributed by atoms with Gasteiger partial charge in [0.2, 0.25) is 5.91 Å². The average Bonchev–Trinajstić information content (AvgIpc) is 3.12. The van der Waals surface area contributed by atoms with Gasteiger partial charge in [0.15, 0.2) is 0 Å². The zero-order chi connectivity index (χ0) is 12.0. The molecule has 1 aliphatic carbocycles. The molecule has 90 valence electrons. The second kappa shape index (κ2) is 3.57. The molecule has 1 amide bonds. The van der Waals surface area contributed by atoms with Crippen LogP contribution in [0.1, 0.15) is 31.7 Å². The van der Waals surface area contributed by atoms with Crippen LogP contribution in [0.4, 0.5) is 5.69 Å². The van der Waals surface area contributed by atoms with Gasteiger partial charge in [-0.15, -0.1) is 0 Å². The van der Waals surface area contributed by atoms with Gasteiger partial charge in [-0.2, -0.15) is 0 Å². The van der Waals surface area contributed by atoms with Gasteiger partial charge in [-0.3, -0.25) is 4.79 Å². The Balaban J connectivity index is 2.01. The van der Waals surface area contributed by atoms with Crippen LogP contribution < -0.4 is 4.90 Å². The number of amides is 1. The van der Waals surface area contributed by atoms with Crippen molar-refractivity contribution in [2.45, 2.75) is 31.8 Å². The Bertz CT molecular complexity index is 463. The zero-order valence-corrected chi connectivity index (χ0v) is 10.0. The van der Waals surface area contributed by atoms with E-state index in [4.69, 9.17) is 0 Å². The van der Waals surface area contributed by atoms with E-state index in [1.807, 2.05) is 36.1 Å². The predicted molar refractivity (Wildman–Crippen MR) is 65.7 cm³/mol. The van der Waals surface area contributed by atoms with Crippen LogP contribution in [0.5, 0.6) is 0 Å². The Hall–Kier alpha value is -1.35. The summed E-state index contributed by atoms with van der Waals surface area (Å²) < 4.78 is 0. The minimum absolute atomic E-state index is 0.228. The molecule has 17 heavy (non-hydrogen) atoms. The highest BCUT2D eigenvalue weighted by Gasteiger charge is 2.40. The molecule has 2 aliphatic rings. The number of fused-ring (bicyclic) bond motifs is 1. The summed E-state index contributed by atoms with van der Waals surface area (Å²) in [5.41, 5.74) is 0.956. The lowest BCUT2D eigenvalue weighted by molar-refractivity contribution is -0.120. The Kier molecular flexibility index (Phi) is 2.26. The fourth-order valence-corrected chi connectivity index (χ4v) is 2.53. The third-order valence-electron chi connectivity index (χ3n) is 3.79. The van der Waals surface area contributed by atoms with Crippen LogP contribution in [0, 0.1) is 5.92 Å². The summed E-state index contributed by atoms with van der Waals surface area (Å²) in [5.74, 6) is 0.457. The van der Waals surface area contributed by atoms with Crippen LogP contribution in [-0.4, -0.2) is 17.6 Å². The molecule has 1 N–H and O–H groups in total. The molecule has 1 saturated carbocycles. The van der Waals surface area contributed by atoms with E-state index >= 15 is 0 Å². The van der Waals surface area contributed by atoms with Gasteiger partial charge in [-0.05, 0) is 32.3 Å². The van der Waals surface area contributed by atoms with Gasteiger partial charge in [-0.1, -0.05) is 18.2 Å². The van der Waals surface area contributed by atoms with Crippen molar-refractivity contribution in [3.05, 3.63) is 29.8 Å². The number of benzene rings is 1. The minimum atomic E-state index is -0.809. The van der Waals surface area contributed by atoms with Crippen LogP contribution in [0.25, 0.3) is 0 Å². The summed E-state index contributed by atoms with van der Waals surface area (Å²) in [6.07, 6.45) is 2.66. The Morgan fingerprint density at radius 2 is 2.12 bits per heavy atom. The minimum Gasteiger partial charge on any atom is -0.385 e. The molecular formula is C14H17NO2. The molecule has 1 aliphatic heterocycles. The molecule has 1 aromatic rings. The first-order valence-corrected chi connectivity index (χ1v) is 6.23. The lowest BCUT2D eigenvalue weighted by Gasteiger charge is -2.38. The lowest BCUT2D eigenvalue weighted by atomic mass is 9.87. The van der Waals surface area contributed by atoms with E-state index < -0.39 is 5.60 Å². The first kappa shape index (κ1) is 10.8. The largest absolute Gasteiger partial charge is 0.385 e. The normalized spacial score (nSPS) is 27.8. The summed E-state index contributed by atoms with van der Waals surface area (Å²) in [7, 11) is 0. The number of anilines is 1. The van der Waals surface area contributed by atoms with Crippen LogP contribution in [0.3, 0.4) is 0 Å². The summed E-state index contributed by atoms with van der Waals surface area (Å²) in [6, 6.07) is 7.69. The highest BCUT2D eigenvalue weighted by Crippen LogP contribution is 2.40. The SMILES string of the molecule is CC1(O)CCN(C(=O)C2CC2)c2ccccc21. The summed E-state index contributed by atoms with van der Waals surface area (Å²) in [6.45, 7) is 2.45. The van der Waals surface area contributed by atoms with Crippen molar-refractivity contribution < 1.29 is 9.90 Å². The molecule has 1 fully saturated rings. The number of carbonyl (C=O) groups excluding carboxylic acids is 1. The molecule has 1 aromatic carbocycles. The van der Waals surface area contributed by atoms with E-state index in [-0.39, 0.29) is 11.8 Å². The fraction of sp³-hybridized carbons (Fsp3) is 0.500. The van der Waals surface area contributed by atoms with E-state index in [1.165, 1.54) is 0 Å². The monoisotopic (exact) mass is 231 g/mol. The third-order valence-corrected chi connectivity index (χ3v) is 3.79. The number of nitrogens with zero attached hydrogens (tertiary/aromatic N) is 1. The molecule has 1 heterocycles. The average molecular weight is 231 g/mol.